The van der Waals surface area contributed by atoms with Gasteiger partial charge in [-0.2, -0.15) is 0 Å². The van der Waals surface area contributed by atoms with E-state index in [1.165, 1.54) is 4.88 Å². The van der Waals surface area contributed by atoms with E-state index in [1.807, 2.05) is 30.4 Å². The Morgan fingerprint density at radius 2 is 1.60 bits per heavy atom. The summed E-state index contributed by atoms with van der Waals surface area (Å²) in [6, 6.07) is 12.5. The molecule has 3 heterocycles. The van der Waals surface area contributed by atoms with E-state index >= 15 is 0 Å². The Morgan fingerprint density at radius 1 is 0.943 bits per heavy atom. The van der Waals surface area contributed by atoms with Gasteiger partial charge in [-0.25, -0.2) is 9.59 Å². The topological polar surface area (TPSA) is 111 Å². The molecule has 2 saturated heterocycles. The van der Waals surface area contributed by atoms with Crippen LogP contribution in [0.25, 0.3) is 0 Å². The van der Waals surface area contributed by atoms with Gasteiger partial charge in [0, 0.05) is 43.5 Å². The highest BCUT2D eigenvalue weighted by Gasteiger charge is 2.31. The number of para-hydroxylation sites is 2. The summed E-state index contributed by atoms with van der Waals surface area (Å²) < 4.78 is 5.78. The van der Waals surface area contributed by atoms with E-state index in [2.05, 4.69) is 44.3 Å². The molecule has 0 bridgehead atoms. The second-order valence-corrected chi connectivity index (χ2v) is 9.49. The Kier molecular flexibility index (Phi) is 9.92. The van der Waals surface area contributed by atoms with Gasteiger partial charge in [0.05, 0.1) is 12.3 Å². The first-order valence-electron chi connectivity index (χ1n) is 11.9. The maximum Gasteiger partial charge on any atom is 0.414 e. The van der Waals surface area contributed by atoms with Crippen molar-refractivity contribution in [3.63, 3.8) is 0 Å². The normalized spacial score (nSPS) is 16.8. The molecule has 2 fully saturated rings. The molecule has 2 N–H and O–H groups in total. The molecule has 4 rings (SSSR count). The smallest absolute Gasteiger partial charge is 0.414 e. The third-order valence-electron chi connectivity index (χ3n) is 6.18. The highest BCUT2D eigenvalue weighted by Crippen LogP contribution is 2.29. The maximum absolute atomic E-state index is 13.1. The Morgan fingerprint density at radius 3 is 2.17 bits per heavy atom. The zero-order chi connectivity index (χ0) is 25.2. The Hall–Kier alpha value is -3.11. The maximum atomic E-state index is 13.1. The lowest BCUT2D eigenvalue weighted by molar-refractivity contribution is -0.159. The SMILES string of the molecule is CCOc1ccccc1N1CCN(C(=O)C2CCN(Cc3cccs3)CC2)CC1.O=C(O)C(=O)O. The van der Waals surface area contributed by atoms with Crippen molar-refractivity contribution in [2.75, 3.05) is 50.8 Å². The lowest BCUT2D eigenvalue weighted by Crippen LogP contribution is -2.51. The number of carboxylic acid groups (broad SMARTS) is 2. The zero-order valence-corrected chi connectivity index (χ0v) is 20.8. The fraction of sp³-hybridized carbons (Fsp3) is 0.480. The first kappa shape index (κ1) is 26.5. The number of anilines is 1. The fourth-order valence-corrected chi connectivity index (χ4v) is 5.13. The predicted octanol–water partition coefficient (Wildman–Crippen LogP) is 2.86. The highest BCUT2D eigenvalue weighted by atomic mass is 32.1. The Balaban J connectivity index is 0.000000509. The van der Waals surface area contributed by atoms with Crippen LogP contribution in [0.4, 0.5) is 5.69 Å². The summed E-state index contributed by atoms with van der Waals surface area (Å²) in [5.41, 5.74) is 1.14. The lowest BCUT2D eigenvalue weighted by atomic mass is 9.95. The number of ether oxygens (including phenoxy) is 1. The number of piperazine rings is 1. The fourth-order valence-electron chi connectivity index (χ4n) is 4.38. The van der Waals surface area contributed by atoms with E-state index in [9.17, 15) is 4.79 Å². The van der Waals surface area contributed by atoms with E-state index in [0.29, 0.717) is 12.5 Å². The van der Waals surface area contributed by atoms with Gasteiger partial charge in [0.2, 0.25) is 5.91 Å². The number of piperidine rings is 1. The summed E-state index contributed by atoms with van der Waals surface area (Å²) in [7, 11) is 0. The molecule has 0 atom stereocenters. The van der Waals surface area contributed by atoms with Gasteiger partial charge >= 0.3 is 11.9 Å². The number of aliphatic carboxylic acids is 2. The third kappa shape index (κ3) is 7.69. The second kappa shape index (κ2) is 13.1. The van der Waals surface area contributed by atoms with Crippen molar-refractivity contribution in [2.45, 2.75) is 26.3 Å². The van der Waals surface area contributed by atoms with Crippen LogP contribution in [0.5, 0.6) is 5.75 Å². The number of nitrogens with zero attached hydrogens (tertiary/aromatic N) is 3. The standard InChI is InChI=1S/C23H31N3O2S.C2H2O4/c1-2-28-22-8-4-3-7-21(22)25-13-15-26(16-14-25)23(27)19-9-11-24(12-10-19)18-20-6-5-17-29-20;3-1(4)2(5)6/h3-8,17,19H,2,9-16,18H2,1H3;(H,3,4)(H,5,6). The molecule has 1 aromatic heterocycles. The van der Waals surface area contributed by atoms with Gasteiger partial charge in [-0.1, -0.05) is 18.2 Å². The van der Waals surface area contributed by atoms with Crippen LogP contribution >= 0.6 is 11.3 Å². The number of amides is 1. The number of thiophene rings is 1. The molecule has 0 aliphatic carbocycles. The number of carbonyl (C=O) groups is 3. The largest absolute Gasteiger partial charge is 0.492 e. The van der Waals surface area contributed by atoms with Crippen LogP contribution in [0, 0.1) is 5.92 Å². The Bertz CT molecular complexity index is 955. The van der Waals surface area contributed by atoms with Crippen LogP contribution < -0.4 is 9.64 Å². The van der Waals surface area contributed by atoms with Crippen LogP contribution in [0.15, 0.2) is 41.8 Å². The molecular formula is C25H33N3O6S. The summed E-state index contributed by atoms with van der Waals surface area (Å²) in [5.74, 6) is -2.16. The van der Waals surface area contributed by atoms with E-state index in [4.69, 9.17) is 24.5 Å². The molecule has 2 aliphatic rings. The predicted molar refractivity (Wildman–Crippen MR) is 134 cm³/mol. The number of hydrogen-bond donors (Lipinski definition) is 2. The van der Waals surface area contributed by atoms with Crippen molar-refractivity contribution in [2.24, 2.45) is 5.92 Å². The van der Waals surface area contributed by atoms with Crippen molar-refractivity contribution < 1.29 is 29.3 Å². The monoisotopic (exact) mass is 503 g/mol. The van der Waals surface area contributed by atoms with Gasteiger partial charge in [-0.05, 0) is 56.4 Å². The molecule has 190 valence electrons. The third-order valence-corrected chi connectivity index (χ3v) is 7.04. The Labute approximate surface area is 209 Å². The van der Waals surface area contributed by atoms with Crippen LogP contribution in [0.2, 0.25) is 0 Å². The summed E-state index contributed by atoms with van der Waals surface area (Å²) in [6.45, 7) is 9.09. The van der Waals surface area contributed by atoms with Gasteiger partial charge < -0.3 is 24.7 Å². The number of carboxylic acids is 2. The number of benzene rings is 1. The van der Waals surface area contributed by atoms with Gasteiger partial charge in [0.15, 0.2) is 0 Å². The molecule has 2 aliphatic heterocycles. The van der Waals surface area contributed by atoms with Crippen molar-refractivity contribution in [1.29, 1.82) is 0 Å². The van der Waals surface area contributed by atoms with E-state index < -0.39 is 11.9 Å². The first-order valence-corrected chi connectivity index (χ1v) is 12.7. The van der Waals surface area contributed by atoms with Crippen LogP contribution in [0.3, 0.4) is 0 Å². The molecule has 35 heavy (non-hydrogen) atoms. The lowest BCUT2D eigenvalue weighted by Gasteiger charge is -2.39. The molecule has 0 spiro atoms. The highest BCUT2D eigenvalue weighted by molar-refractivity contribution is 7.09. The van der Waals surface area contributed by atoms with Gasteiger partial charge in [-0.15, -0.1) is 11.3 Å². The van der Waals surface area contributed by atoms with Crippen molar-refractivity contribution in [1.82, 2.24) is 9.80 Å². The molecular weight excluding hydrogens is 470 g/mol. The van der Waals surface area contributed by atoms with E-state index in [-0.39, 0.29) is 5.92 Å². The minimum atomic E-state index is -1.82. The summed E-state index contributed by atoms with van der Waals surface area (Å²) >= 11 is 1.82. The van der Waals surface area contributed by atoms with Crippen molar-refractivity contribution in [3.8, 4) is 5.75 Å². The number of rotatable bonds is 6. The molecule has 9 nitrogen and oxygen atoms in total. The summed E-state index contributed by atoms with van der Waals surface area (Å²) in [5, 5.41) is 16.9. The summed E-state index contributed by atoms with van der Waals surface area (Å²) in [6.07, 6.45) is 1.97. The zero-order valence-electron chi connectivity index (χ0n) is 20.0. The molecule has 1 aromatic carbocycles. The van der Waals surface area contributed by atoms with E-state index in [0.717, 1.165) is 70.1 Å². The van der Waals surface area contributed by atoms with Crippen molar-refractivity contribution in [3.05, 3.63) is 46.7 Å². The molecule has 0 saturated carbocycles. The molecule has 10 heteroatoms. The number of carbonyl (C=O) groups excluding carboxylic acids is 1. The molecule has 0 radical (unpaired) electrons. The average Bonchev–Trinajstić information content (AvgIpc) is 3.38. The van der Waals surface area contributed by atoms with Crippen molar-refractivity contribution >= 4 is 34.9 Å². The summed E-state index contributed by atoms with van der Waals surface area (Å²) in [4.78, 5) is 39.6. The quantitative estimate of drug-likeness (QED) is 0.579. The van der Waals surface area contributed by atoms with Gasteiger partial charge in [-0.3, -0.25) is 9.69 Å². The molecule has 0 unspecified atom stereocenters. The molecule has 1 amide bonds. The second-order valence-electron chi connectivity index (χ2n) is 8.45. The molecule has 2 aromatic rings. The van der Waals surface area contributed by atoms with Crippen LogP contribution in [0.1, 0.15) is 24.6 Å². The minimum absolute atomic E-state index is 0.192. The van der Waals surface area contributed by atoms with Gasteiger partial charge in [0.1, 0.15) is 5.75 Å². The number of hydrogen-bond acceptors (Lipinski definition) is 7. The van der Waals surface area contributed by atoms with Gasteiger partial charge in [0.25, 0.3) is 0 Å². The minimum Gasteiger partial charge on any atom is -0.492 e. The van der Waals surface area contributed by atoms with Crippen LogP contribution in [-0.2, 0) is 20.9 Å². The van der Waals surface area contributed by atoms with E-state index in [1.54, 1.807) is 0 Å². The number of likely N-dealkylation sites (tertiary alicyclic amines) is 1. The average molecular weight is 504 g/mol. The first-order chi connectivity index (χ1) is 16.9. The van der Waals surface area contributed by atoms with Crippen LogP contribution in [-0.4, -0.2) is 83.7 Å².